The number of hydrogen-bond donors (Lipinski definition) is 1. The number of nitrogens with zero attached hydrogens (tertiary/aromatic N) is 2. The highest BCUT2D eigenvalue weighted by atomic mass is 16.5. The number of carbonyl (C=O) groups excluding carboxylic acids is 1. The smallest absolute Gasteiger partial charge is 0.255 e. The van der Waals surface area contributed by atoms with Crippen LogP contribution in [0.25, 0.3) is 11.4 Å². The predicted molar refractivity (Wildman–Crippen MR) is 109 cm³/mol. The van der Waals surface area contributed by atoms with E-state index >= 15 is 0 Å². The summed E-state index contributed by atoms with van der Waals surface area (Å²) in [4.78, 5) is 21.2. The van der Waals surface area contributed by atoms with Crippen molar-refractivity contribution < 1.29 is 14.3 Å². The van der Waals surface area contributed by atoms with E-state index in [1.54, 1.807) is 37.7 Å². The van der Waals surface area contributed by atoms with Crippen molar-refractivity contribution >= 4 is 11.6 Å². The topological polar surface area (TPSA) is 73.3 Å². The third-order valence-electron chi connectivity index (χ3n) is 4.12. The van der Waals surface area contributed by atoms with Gasteiger partial charge in [0.25, 0.3) is 5.91 Å². The number of ether oxygens (including phenoxy) is 2. The number of anilines is 1. The maximum Gasteiger partial charge on any atom is 0.255 e. The minimum Gasteiger partial charge on any atom is -0.493 e. The molecular formula is C22H23N3O3. The molecule has 0 saturated carbocycles. The molecule has 0 spiro atoms. The quantitative estimate of drug-likeness (QED) is 0.582. The monoisotopic (exact) mass is 377 g/mol. The van der Waals surface area contributed by atoms with Gasteiger partial charge in [0.15, 0.2) is 17.3 Å². The Bertz CT molecular complexity index is 912. The summed E-state index contributed by atoms with van der Waals surface area (Å²) in [6.45, 7) is 2.72. The number of methoxy groups -OCH3 is 1. The first-order valence-corrected chi connectivity index (χ1v) is 9.21. The zero-order valence-corrected chi connectivity index (χ0v) is 16.0. The van der Waals surface area contributed by atoms with E-state index in [-0.39, 0.29) is 5.91 Å². The van der Waals surface area contributed by atoms with Gasteiger partial charge >= 0.3 is 0 Å². The van der Waals surface area contributed by atoms with Crippen molar-refractivity contribution in [1.82, 2.24) is 9.97 Å². The lowest BCUT2D eigenvalue weighted by atomic mass is 10.2. The average molecular weight is 377 g/mol. The Morgan fingerprint density at radius 3 is 2.46 bits per heavy atom. The van der Waals surface area contributed by atoms with Gasteiger partial charge in [0, 0.05) is 11.1 Å². The van der Waals surface area contributed by atoms with E-state index in [4.69, 9.17) is 9.47 Å². The van der Waals surface area contributed by atoms with Crippen LogP contribution in [0, 0.1) is 0 Å². The molecule has 6 nitrogen and oxygen atoms in total. The molecule has 6 heteroatoms. The SMILES string of the molecule is CCCCOc1ccc(C(=O)Nc2cnc(-c3ccccc3)nc2)cc1OC. The summed E-state index contributed by atoms with van der Waals surface area (Å²) in [6, 6.07) is 14.8. The van der Waals surface area contributed by atoms with Crippen LogP contribution in [0.3, 0.4) is 0 Å². The van der Waals surface area contributed by atoms with Crippen molar-refractivity contribution in [3.05, 3.63) is 66.5 Å². The second-order valence-electron chi connectivity index (χ2n) is 6.18. The van der Waals surface area contributed by atoms with Crippen molar-refractivity contribution in [2.45, 2.75) is 19.8 Å². The summed E-state index contributed by atoms with van der Waals surface area (Å²) in [7, 11) is 1.56. The van der Waals surface area contributed by atoms with Crippen LogP contribution in [-0.4, -0.2) is 29.6 Å². The minimum absolute atomic E-state index is 0.269. The molecule has 0 atom stereocenters. The maximum atomic E-state index is 12.5. The highest BCUT2D eigenvalue weighted by molar-refractivity contribution is 6.04. The first-order chi connectivity index (χ1) is 13.7. The maximum absolute atomic E-state index is 12.5. The Morgan fingerprint density at radius 1 is 1.04 bits per heavy atom. The van der Waals surface area contributed by atoms with Crippen LogP contribution in [0.1, 0.15) is 30.1 Å². The number of nitrogens with one attached hydrogen (secondary N) is 1. The molecule has 144 valence electrons. The van der Waals surface area contributed by atoms with E-state index in [9.17, 15) is 4.79 Å². The molecule has 1 aromatic heterocycles. The number of unbranched alkanes of at least 4 members (excludes halogenated alkanes) is 1. The van der Waals surface area contributed by atoms with Gasteiger partial charge in [-0.2, -0.15) is 0 Å². The molecule has 0 aliphatic heterocycles. The predicted octanol–water partition coefficient (Wildman–Crippen LogP) is 4.58. The molecule has 0 aliphatic carbocycles. The largest absolute Gasteiger partial charge is 0.493 e. The van der Waals surface area contributed by atoms with Gasteiger partial charge in [0.05, 0.1) is 31.8 Å². The van der Waals surface area contributed by atoms with Crippen molar-refractivity contribution in [3.8, 4) is 22.9 Å². The van der Waals surface area contributed by atoms with Crippen molar-refractivity contribution in [1.29, 1.82) is 0 Å². The molecule has 0 unspecified atom stereocenters. The van der Waals surface area contributed by atoms with Crippen LogP contribution in [0.5, 0.6) is 11.5 Å². The van der Waals surface area contributed by atoms with E-state index in [2.05, 4.69) is 22.2 Å². The van der Waals surface area contributed by atoms with E-state index < -0.39 is 0 Å². The van der Waals surface area contributed by atoms with Gasteiger partial charge in [-0.25, -0.2) is 9.97 Å². The Kier molecular flexibility index (Phi) is 6.57. The van der Waals surface area contributed by atoms with E-state index in [0.717, 1.165) is 18.4 Å². The van der Waals surface area contributed by atoms with Crippen LogP contribution >= 0.6 is 0 Å². The van der Waals surface area contributed by atoms with Crippen LogP contribution in [0.15, 0.2) is 60.9 Å². The molecule has 1 amide bonds. The third-order valence-corrected chi connectivity index (χ3v) is 4.12. The number of amides is 1. The Labute approximate surface area is 164 Å². The van der Waals surface area contributed by atoms with Gasteiger partial charge in [-0.05, 0) is 24.6 Å². The van der Waals surface area contributed by atoms with E-state index in [0.29, 0.717) is 35.2 Å². The minimum atomic E-state index is -0.269. The second-order valence-corrected chi connectivity index (χ2v) is 6.18. The number of rotatable bonds is 8. The first kappa shape index (κ1) is 19.4. The zero-order valence-electron chi connectivity index (χ0n) is 16.0. The van der Waals surface area contributed by atoms with Gasteiger partial charge in [0.1, 0.15) is 0 Å². The standard InChI is InChI=1S/C22H23N3O3/c1-3-4-12-28-19-11-10-17(13-20(19)27-2)22(26)25-18-14-23-21(24-15-18)16-8-6-5-7-9-16/h5-11,13-15H,3-4,12H2,1-2H3,(H,25,26). The molecule has 0 bridgehead atoms. The number of aromatic nitrogens is 2. The van der Waals surface area contributed by atoms with Crippen LogP contribution in [-0.2, 0) is 0 Å². The zero-order chi connectivity index (χ0) is 19.8. The summed E-state index contributed by atoms with van der Waals surface area (Å²) in [5.41, 5.74) is 1.91. The summed E-state index contributed by atoms with van der Waals surface area (Å²) >= 11 is 0. The fourth-order valence-electron chi connectivity index (χ4n) is 2.59. The van der Waals surface area contributed by atoms with Crippen molar-refractivity contribution in [2.75, 3.05) is 19.0 Å². The van der Waals surface area contributed by atoms with Crippen molar-refractivity contribution in [3.63, 3.8) is 0 Å². The fraction of sp³-hybridized carbons (Fsp3) is 0.227. The second kappa shape index (κ2) is 9.50. The lowest BCUT2D eigenvalue weighted by Gasteiger charge is -2.12. The summed E-state index contributed by atoms with van der Waals surface area (Å²) in [5, 5.41) is 2.80. The molecule has 0 saturated heterocycles. The molecule has 2 aromatic carbocycles. The molecule has 0 aliphatic rings. The van der Waals surface area contributed by atoms with Crippen LogP contribution < -0.4 is 14.8 Å². The number of hydrogen-bond acceptors (Lipinski definition) is 5. The van der Waals surface area contributed by atoms with Gasteiger partial charge in [-0.3, -0.25) is 4.79 Å². The van der Waals surface area contributed by atoms with E-state index in [1.807, 2.05) is 30.3 Å². The highest BCUT2D eigenvalue weighted by Crippen LogP contribution is 2.28. The molecule has 0 fully saturated rings. The summed E-state index contributed by atoms with van der Waals surface area (Å²) in [6.07, 6.45) is 5.19. The van der Waals surface area contributed by atoms with Gasteiger partial charge in [-0.15, -0.1) is 0 Å². The van der Waals surface area contributed by atoms with Gasteiger partial charge in [0.2, 0.25) is 0 Å². The number of benzene rings is 2. The molecule has 3 rings (SSSR count). The number of carbonyl (C=O) groups is 1. The average Bonchev–Trinajstić information content (AvgIpc) is 2.75. The van der Waals surface area contributed by atoms with Gasteiger partial charge in [-0.1, -0.05) is 43.7 Å². The van der Waals surface area contributed by atoms with Crippen LogP contribution in [0.2, 0.25) is 0 Å². The lowest BCUT2D eigenvalue weighted by molar-refractivity contribution is 0.102. The summed E-state index contributed by atoms with van der Waals surface area (Å²) < 4.78 is 11.1. The Balaban J connectivity index is 1.68. The third kappa shape index (κ3) is 4.85. The molecule has 1 N–H and O–H groups in total. The van der Waals surface area contributed by atoms with Crippen LogP contribution in [0.4, 0.5) is 5.69 Å². The van der Waals surface area contributed by atoms with E-state index in [1.165, 1.54) is 0 Å². The molecular weight excluding hydrogens is 354 g/mol. The van der Waals surface area contributed by atoms with Crippen molar-refractivity contribution in [2.24, 2.45) is 0 Å². The summed E-state index contributed by atoms with van der Waals surface area (Å²) in [5.74, 6) is 1.49. The van der Waals surface area contributed by atoms with Gasteiger partial charge < -0.3 is 14.8 Å². The fourth-order valence-corrected chi connectivity index (χ4v) is 2.59. The molecule has 1 heterocycles. The lowest BCUT2D eigenvalue weighted by Crippen LogP contribution is -2.13. The normalized spacial score (nSPS) is 10.4. The molecule has 28 heavy (non-hydrogen) atoms. The Morgan fingerprint density at radius 2 is 1.79 bits per heavy atom. The Hall–Kier alpha value is -3.41. The first-order valence-electron chi connectivity index (χ1n) is 9.21. The highest BCUT2D eigenvalue weighted by Gasteiger charge is 2.12. The molecule has 3 aromatic rings. The molecule has 0 radical (unpaired) electrons.